The lowest BCUT2D eigenvalue weighted by Gasteiger charge is -2.11. The van der Waals surface area contributed by atoms with E-state index in [0.717, 1.165) is 12.8 Å². The van der Waals surface area contributed by atoms with Crippen molar-refractivity contribution < 1.29 is 14.7 Å². The van der Waals surface area contributed by atoms with Crippen LogP contribution in [0.4, 0.5) is 0 Å². The first kappa shape index (κ1) is 10.3. The summed E-state index contributed by atoms with van der Waals surface area (Å²) in [5.41, 5.74) is 0. The third kappa shape index (κ3) is 5.12. The van der Waals surface area contributed by atoms with Crippen LogP contribution < -0.4 is 0 Å². The van der Waals surface area contributed by atoms with E-state index in [0.29, 0.717) is 0 Å². The monoisotopic (exact) mass is 167 g/mol. The Kier molecular flexibility index (Phi) is 4.37. The number of hydrogen-bond acceptors (Lipinski definition) is 3. The largest absolute Gasteiger partial charge is 0.403 e. The lowest BCUT2D eigenvalue weighted by molar-refractivity contribution is 0.317. The molecule has 0 atom stereocenters. The normalized spacial score (nSPS) is 12.6. The van der Waals surface area contributed by atoms with Crippen molar-refractivity contribution >= 4 is 7.94 Å². The summed E-state index contributed by atoms with van der Waals surface area (Å²) in [5.74, 6) is 0.244. The average Bonchev–Trinajstić information content (AvgIpc) is 1.81. The molecule has 0 saturated carbocycles. The van der Waals surface area contributed by atoms with E-state index in [1.165, 1.54) is 0 Å². The molecule has 0 aromatic carbocycles. The maximum Gasteiger partial charge on any atom is 0.403 e. The van der Waals surface area contributed by atoms with Crippen LogP contribution in [-0.4, -0.2) is 20.8 Å². The smallest absolute Gasteiger partial charge is 0.193 e. The van der Waals surface area contributed by atoms with Crippen molar-refractivity contribution in [2.24, 2.45) is 5.92 Å². The zero-order chi connectivity index (χ0) is 8.20. The molecule has 0 fully saturated rings. The van der Waals surface area contributed by atoms with Gasteiger partial charge in [0.2, 0.25) is 0 Å². The Morgan fingerprint density at radius 2 is 1.50 bits per heavy atom. The van der Waals surface area contributed by atoms with Gasteiger partial charge in [-0.1, -0.05) is 13.8 Å². The van der Waals surface area contributed by atoms with Crippen molar-refractivity contribution in [1.82, 2.24) is 0 Å². The summed E-state index contributed by atoms with van der Waals surface area (Å²) >= 11 is 0. The van der Waals surface area contributed by atoms with E-state index in [-0.39, 0.29) is 12.1 Å². The quantitative estimate of drug-likeness (QED) is 0.550. The highest BCUT2D eigenvalue weighted by atomic mass is 31.2. The fourth-order valence-electron chi connectivity index (χ4n) is 0.893. The summed E-state index contributed by atoms with van der Waals surface area (Å²) in [5, 5.41) is 0. The molecule has 0 heterocycles. The predicted octanol–water partition coefficient (Wildman–Crippen LogP) is 1.16. The zero-order valence-electron chi connectivity index (χ0n) is 6.49. The highest BCUT2D eigenvalue weighted by Gasteiger charge is 2.32. The molecule has 0 aliphatic rings. The first-order valence-corrected chi connectivity index (χ1v) is 5.39. The Labute approximate surface area is 62.3 Å². The Morgan fingerprint density at radius 1 is 1.10 bits per heavy atom. The minimum absolute atomic E-state index is 0.153. The van der Waals surface area contributed by atoms with Crippen molar-refractivity contribution in [3.63, 3.8) is 0 Å². The third-order valence-electron chi connectivity index (χ3n) is 1.66. The van der Waals surface area contributed by atoms with Gasteiger partial charge in [0.05, 0.1) is 0 Å². The topological polar surface area (TPSA) is 60.7 Å². The van der Waals surface area contributed by atoms with E-state index in [2.05, 4.69) is 0 Å². The van der Waals surface area contributed by atoms with Gasteiger partial charge in [0.25, 0.3) is 0 Å². The Bertz CT molecular complexity index is 85.5. The Morgan fingerprint density at radius 3 is 1.60 bits per heavy atom. The second-order valence-electron chi connectivity index (χ2n) is 2.56. The van der Waals surface area contributed by atoms with Gasteiger partial charge in [0, 0.05) is 0 Å². The van der Waals surface area contributed by atoms with Crippen LogP contribution in [0.25, 0.3) is 0 Å². The molecule has 4 heteroatoms. The summed E-state index contributed by atoms with van der Waals surface area (Å²) in [4.78, 5) is 26.0. The molecule has 0 aliphatic heterocycles. The number of rotatable bonds is 4. The van der Waals surface area contributed by atoms with Crippen LogP contribution in [0.5, 0.6) is 0 Å². The fourth-order valence-corrected chi connectivity index (χ4v) is 2.10. The summed E-state index contributed by atoms with van der Waals surface area (Å²) in [6.45, 7) is 3.95. The second kappa shape index (κ2) is 4.24. The first-order chi connectivity index (χ1) is 4.49. The van der Waals surface area contributed by atoms with E-state index >= 15 is 0 Å². The molecule has 0 aromatic heterocycles. The van der Waals surface area contributed by atoms with Crippen molar-refractivity contribution in [3.8, 4) is 0 Å². The van der Waals surface area contributed by atoms with Crippen LogP contribution in [0.1, 0.15) is 26.7 Å². The maximum absolute atomic E-state index is 8.67. The lowest BCUT2D eigenvalue weighted by Crippen LogP contribution is -2.07. The zero-order valence-corrected chi connectivity index (χ0v) is 7.38. The Balaban J connectivity index is 3.63. The number of hydrogen-bond donors (Lipinski definition) is 3. The molecule has 10 heavy (non-hydrogen) atoms. The van der Waals surface area contributed by atoms with Crippen molar-refractivity contribution in [2.45, 2.75) is 26.7 Å². The van der Waals surface area contributed by atoms with E-state index < -0.39 is 7.94 Å². The molecule has 0 rings (SSSR count). The summed E-state index contributed by atoms with van der Waals surface area (Å²) in [7, 11) is -3.50. The van der Waals surface area contributed by atoms with Gasteiger partial charge in [-0.15, -0.1) is 0 Å². The summed E-state index contributed by atoms with van der Waals surface area (Å²) < 4.78 is 0. The lowest BCUT2D eigenvalue weighted by atomic mass is 10.1. The molecule has 3 nitrogen and oxygen atoms in total. The van der Waals surface area contributed by atoms with Gasteiger partial charge in [0.1, 0.15) is 6.16 Å². The SMILES string of the molecule is CCC(CC)C[P+](O)(O)O. The van der Waals surface area contributed by atoms with Crippen molar-refractivity contribution in [1.29, 1.82) is 0 Å². The molecule has 0 amide bonds. The average molecular weight is 167 g/mol. The standard InChI is InChI=1S/C6H16O3P/c1-3-6(4-2)5-10(7,8)9/h6-9H,3-5H2,1-2H3/q+1. The summed E-state index contributed by atoms with van der Waals surface area (Å²) in [6, 6.07) is 0. The van der Waals surface area contributed by atoms with Crippen LogP contribution in [0, 0.1) is 5.92 Å². The maximum atomic E-state index is 8.67. The summed E-state index contributed by atoms with van der Waals surface area (Å²) in [6.07, 6.45) is 1.93. The van der Waals surface area contributed by atoms with Crippen molar-refractivity contribution in [3.05, 3.63) is 0 Å². The van der Waals surface area contributed by atoms with Gasteiger partial charge in [-0.05, 0) is 18.8 Å². The highest BCUT2D eigenvalue weighted by Crippen LogP contribution is 2.47. The van der Waals surface area contributed by atoms with Crippen molar-refractivity contribution in [2.75, 3.05) is 6.16 Å². The van der Waals surface area contributed by atoms with Gasteiger partial charge >= 0.3 is 7.94 Å². The van der Waals surface area contributed by atoms with Gasteiger partial charge in [-0.3, -0.25) is 0 Å². The minimum Gasteiger partial charge on any atom is -0.193 e. The molecular weight excluding hydrogens is 151 g/mol. The molecular formula is C6H16O3P+. The van der Waals surface area contributed by atoms with Crippen LogP contribution >= 0.6 is 7.94 Å². The molecule has 0 unspecified atom stereocenters. The van der Waals surface area contributed by atoms with Gasteiger partial charge in [0.15, 0.2) is 0 Å². The third-order valence-corrected chi connectivity index (χ3v) is 2.66. The molecule has 0 aliphatic carbocycles. The van der Waals surface area contributed by atoms with Crippen LogP contribution in [0.3, 0.4) is 0 Å². The molecule has 0 radical (unpaired) electrons. The molecule has 0 saturated heterocycles. The Hall–Kier alpha value is 0.310. The van der Waals surface area contributed by atoms with E-state index in [1.807, 2.05) is 13.8 Å². The van der Waals surface area contributed by atoms with Gasteiger partial charge in [-0.2, -0.15) is 14.7 Å². The predicted molar refractivity (Wildman–Crippen MR) is 42.5 cm³/mol. The van der Waals surface area contributed by atoms with E-state index in [9.17, 15) is 0 Å². The van der Waals surface area contributed by atoms with Crippen LogP contribution in [0.15, 0.2) is 0 Å². The minimum atomic E-state index is -3.50. The van der Waals surface area contributed by atoms with Gasteiger partial charge < -0.3 is 0 Å². The van der Waals surface area contributed by atoms with E-state index in [4.69, 9.17) is 14.7 Å². The molecule has 3 N–H and O–H groups in total. The van der Waals surface area contributed by atoms with Gasteiger partial charge in [-0.25, -0.2) is 0 Å². The van der Waals surface area contributed by atoms with Crippen LogP contribution in [0.2, 0.25) is 0 Å². The van der Waals surface area contributed by atoms with Crippen LogP contribution in [-0.2, 0) is 0 Å². The molecule has 0 aromatic rings. The highest BCUT2D eigenvalue weighted by molar-refractivity contribution is 7.58. The molecule has 0 bridgehead atoms. The molecule has 0 spiro atoms. The second-order valence-corrected chi connectivity index (χ2v) is 4.31. The van der Waals surface area contributed by atoms with E-state index in [1.54, 1.807) is 0 Å². The first-order valence-electron chi connectivity index (χ1n) is 3.56. The molecule has 62 valence electrons. The fraction of sp³-hybridized carbons (Fsp3) is 1.00.